The van der Waals surface area contributed by atoms with Gasteiger partial charge in [-0.05, 0) is 24.3 Å². The largest absolute Gasteiger partial charge is 0.396 e. The Bertz CT molecular complexity index is 725. The molecule has 20 heavy (non-hydrogen) atoms. The van der Waals surface area contributed by atoms with Crippen LogP contribution >= 0.6 is 11.6 Å². The molecular formula is C11H10ClFN4O2S. The molecule has 0 aliphatic heterocycles. The molecule has 9 heteroatoms. The molecule has 0 unspecified atom stereocenters. The van der Waals surface area contributed by atoms with Crippen LogP contribution in [0.4, 0.5) is 10.1 Å². The maximum atomic E-state index is 13.2. The van der Waals surface area contributed by atoms with Gasteiger partial charge in [0.05, 0.1) is 22.9 Å². The zero-order valence-electron chi connectivity index (χ0n) is 10.0. The minimum absolute atomic E-state index is 0.0657. The van der Waals surface area contributed by atoms with E-state index in [4.69, 9.17) is 17.3 Å². The van der Waals surface area contributed by atoms with Crippen LogP contribution in [0.2, 0.25) is 5.02 Å². The van der Waals surface area contributed by atoms with Gasteiger partial charge in [0, 0.05) is 6.20 Å². The average molecular weight is 317 g/mol. The molecule has 1 aromatic carbocycles. The van der Waals surface area contributed by atoms with Crippen molar-refractivity contribution in [2.24, 2.45) is 0 Å². The first kappa shape index (κ1) is 14.6. The van der Waals surface area contributed by atoms with E-state index in [1.807, 2.05) is 0 Å². The molecule has 0 amide bonds. The van der Waals surface area contributed by atoms with E-state index in [0.717, 1.165) is 12.1 Å². The zero-order chi connectivity index (χ0) is 14.8. The third-order valence-corrected chi connectivity index (χ3v) is 4.28. The normalized spacial score (nSPS) is 11.5. The monoisotopic (exact) mass is 316 g/mol. The molecule has 0 atom stereocenters. The van der Waals surface area contributed by atoms with E-state index in [0.29, 0.717) is 5.69 Å². The first-order chi connectivity index (χ1) is 9.40. The molecule has 0 radical (unpaired) electrons. The van der Waals surface area contributed by atoms with Gasteiger partial charge in [-0.25, -0.2) is 17.5 Å². The molecule has 6 nitrogen and oxygen atoms in total. The van der Waals surface area contributed by atoms with E-state index in [1.165, 1.54) is 6.20 Å². The second-order valence-electron chi connectivity index (χ2n) is 3.84. The van der Waals surface area contributed by atoms with E-state index < -0.39 is 15.8 Å². The number of nitrogens with zero attached hydrogens (tertiary/aromatic N) is 2. The Labute approximate surface area is 119 Å². The summed E-state index contributed by atoms with van der Waals surface area (Å²) in [4.78, 5) is -0.290. The third-order valence-electron chi connectivity index (χ3n) is 2.41. The highest BCUT2D eigenvalue weighted by Gasteiger charge is 2.20. The van der Waals surface area contributed by atoms with Gasteiger partial charge in [0.2, 0.25) is 10.0 Å². The number of halogens is 2. The predicted molar refractivity (Wildman–Crippen MR) is 71.9 cm³/mol. The molecule has 0 saturated heterocycles. The summed E-state index contributed by atoms with van der Waals surface area (Å²) in [6.07, 6.45) is 1.47. The number of anilines is 1. The van der Waals surface area contributed by atoms with Crippen LogP contribution < -0.4 is 10.5 Å². The van der Waals surface area contributed by atoms with Crippen LogP contribution in [-0.2, 0) is 16.6 Å². The van der Waals surface area contributed by atoms with Crippen LogP contribution in [0.1, 0.15) is 5.69 Å². The van der Waals surface area contributed by atoms with Gasteiger partial charge in [0.1, 0.15) is 10.7 Å². The van der Waals surface area contributed by atoms with Gasteiger partial charge in [-0.2, -0.15) is 10.2 Å². The highest BCUT2D eigenvalue weighted by atomic mass is 35.5. The van der Waals surface area contributed by atoms with Crippen molar-refractivity contribution in [2.45, 2.75) is 11.4 Å². The number of hydrogen-bond donors (Lipinski definition) is 2. The summed E-state index contributed by atoms with van der Waals surface area (Å²) in [7, 11) is -3.92. The predicted octanol–water partition coefficient (Wildman–Crippen LogP) is 1.33. The second kappa shape index (κ2) is 5.70. The lowest BCUT2D eigenvalue weighted by molar-refractivity contribution is 0.579. The van der Waals surface area contributed by atoms with Gasteiger partial charge < -0.3 is 5.73 Å². The molecule has 1 aromatic heterocycles. The van der Waals surface area contributed by atoms with E-state index >= 15 is 0 Å². The molecule has 0 aliphatic rings. The first-order valence-corrected chi connectivity index (χ1v) is 7.27. The van der Waals surface area contributed by atoms with Gasteiger partial charge in [-0.3, -0.25) is 0 Å². The van der Waals surface area contributed by atoms with Gasteiger partial charge in [-0.15, -0.1) is 0 Å². The van der Waals surface area contributed by atoms with Crippen LogP contribution in [0.15, 0.2) is 35.4 Å². The minimum Gasteiger partial charge on any atom is -0.396 e. The molecule has 0 aliphatic carbocycles. The number of nitrogen functional groups attached to an aromatic ring is 1. The molecule has 0 saturated carbocycles. The maximum absolute atomic E-state index is 13.2. The number of benzene rings is 1. The molecule has 106 valence electrons. The number of sulfonamides is 1. The lowest BCUT2D eigenvalue weighted by atomic mass is 10.3. The standard InChI is InChI=1S/C11H10ClFN4O2S/c12-8-4-9(13)10(14)5-11(8)20(18,19)16-6-7-2-1-3-15-17-7/h1-5,16H,6,14H2. The van der Waals surface area contributed by atoms with E-state index in [-0.39, 0.29) is 22.2 Å². The fourth-order valence-electron chi connectivity index (χ4n) is 1.43. The summed E-state index contributed by atoms with van der Waals surface area (Å²) in [6, 6.07) is 5.06. The average Bonchev–Trinajstić information content (AvgIpc) is 2.42. The molecule has 1 heterocycles. The van der Waals surface area contributed by atoms with Crippen LogP contribution in [0, 0.1) is 5.82 Å². The molecule has 0 bridgehead atoms. The first-order valence-electron chi connectivity index (χ1n) is 5.41. The van der Waals surface area contributed by atoms with E-state index in [1.54, 1.807) is 12.1 Å². The van der Waals surface area contributed by atoms with Crippen molar-refractivity contribution in [1.29, 1.82) is 0 Å². The van der Waals surface area contributed by atoms with Crippen molar-refractivity contribution in [2.75, 3.05) is 5.73 Å². The fraction of sp³-hybridized carbons (Fsp3) is 0.0909. The molecule has 0 fully saturated rings. The number of rotatable bonds is 4. The maximum Gasteiger partial charge on any atom is 0.242 e. The van der Waals surface area contributed by atoms with E-state index in [9.17, 15) is 12.8 Å². The Morgan fingerprint density at radius 2 is 2.15 bits per heavy atom. The molecule has 0 spiro atoms. The highest BCUT2D eigenvalue weighted by molar-refractivity contribution is 7.89. The number of nitrogens with two attached hydrogens (primary N) is 1. The zero-order valence-corrected chi connectivity index (χ0v) is 11.6. The van der Waals surface area contributed by atoms with Gasteiger partial charge >= 0.3 is 0 Å². The Morgan fingerprint density at radius 3 is 2.80 bits per heavy atom. The van der Waals surface area contributed by atoms with Gasteiger partial charge in [-0.1, -0.05) is 11.6 Å². The Hall–Kier alpha value is -1.77. The highest BCUT2D eigenvalue weighted by Crippen LogP contribution is 2.26. The fourth-order valence-corrected chi connectivity index (χ4v) is 2.97. The van der Waals surface area contributed by atoms with Gasteiger partial charge in [0.15, 0.2) is 0 Å². The van der Waals surface area contributed by atoms with Gasteiger partial charge in [0.25, 0.3) is 0 Å². The summed E-state index contributed by atoms with van der Waals surface area (Å²) < 4.78 is 39.6. The molecular weight excluding hydrogens is 307 g/mol. The van der Waals surface area contributed by atoms with E-state index in [2.05, 4.69) is 14.9 Å². The van der Waals surface area contributed by atoms with Crippen molar-refractivity contribution in [1.82, 2.24) is 14.9 Å². The third kappa shape index (κ3) is 3.21. The molecule has 2 aromatic rings. The lowest BCUT2D eigenvalue weighted by Crippen LogP contribution is -2.24. The SMILES string of the molecule is Nc1cc(S(=O)(=O)NCc2cccnn2)c(Cl)cc1F. The Kier molecular flexibility index (Phi) is 4.17. The number of aromatic nitrogens is 2. The van der Waals surface area contributed by atoms with Crippen molar-refractivity contribution < 1.29 is 12.8 Å². The number of nitrogens with one attached hydrogen (secondary N) is 1. The summed E-state index contributed by atoms with van der Waals surface area (Å²) in [5, 5.41) is 7.11. The summed E-state index contributed by atoms with van der Waals surface area (Å²) >= 11 is 5.73. The molecule has 3 N–H and O–H groups in total. The van der Waals surface area contributed by atoms with Crippen LogP contribution in [0.5, 0.6) is 0 Å². The summed E-state index contributed by atoms with van der Waals surface area (Å²) in [5.41, 5.74) is 5.48. The lowest BCUT2D eigenvalue weighted by Gasteiger charge is -2.09. The summed E-state index contributed by atoms with van der Waals surface area (Å²) in [6.45, 7) is -0.0657. The van der Waals surface area contributed by atoms with Crippen molar-refractivity contribution in [3.05, 3.63) is 47.0 Å². The Balaban J connectivity index is 2.25. The van der Waals surface area contributed by atoms with Crippen molar-refractivity contribution in [3.63, 3.8) is 0 Å². The smallest absolute Gasteiger partial charge is 0.242 e. The summed E-state index contributed by atoms with van der Waals surface area (Å²) in [5.74, 6) is -0.775. The Morgan fingerprint density at radius 1 is 1.40 bits per heavy atom. The van der Waals surface area contributed by atoms with Crippen LogP contribution in [0.25, 0.3) is 0 Å². The minimum atomic E-state index is -3.92. The van der Waals surface area contributed by atoms with Crippen LogP contribution in [0.3, 0.4) is 0 Å². The number of hydrogen-bond acceptors (Lipinski definition) is 5. The topological polar surface area (TPSA) is 98.0 Å². The van der Waals surface area contributed by atoms with Crippen LogP contribution in [-0.4, -0.2) is 18.6 Å². The second-order valence-corrected chi connectivity index (χ2v) is 5.99. The molecule has 2 rings (SSSR count). The van der Waals surface area contributed by atoms with Crippen molar-refractivity contribution >= 4 is 27.3 Å². The quantitative estimate of drug-likeness (QED) is 0.829. The van der Waals surface area contributed by atoms with Crippen molar-refractivity contribution in [3.8, 4) is 0 Å².